The summed E-state index contributed by atoms with van der Waals surface area (Å²) in [6.07, 6.45) is 0. The molecule has 0 unspecified atom stereocenters. The predicted molar refractivity (Wildman–Crippen MR) is 87.6 cm³/mol. The number of carbonyl (C=O) groups is 2. The molecule has 0 spiro atoms. The Hall–Kier alpha value is -0.534. The molecule has 21 heavy (non-hydrogen) atoms. The van der Waals surface area contributed by atoms with Crippen molar-refractivity contribution in [2.24, 2.45) is 0 Å². The van der Waals surface area contributed by atoms with E-state index in [1.54, 1.807) is 0 Å². The fourth-order valence-corrected chi connectivity index (χ4v) is 23.6. The summed E-state index contributed by atoms with van der Waals surface area (Å²) >= 11 is -5.54. The molecule has 0 aromatic rings. The third-order valence-electron chi connectivity index (χ3n) is 3.11. The summed E-state index contributed by atoms with van der Waals surface area (Å²) < 4.78 is 18.1. The van der Waals surface area contributed by atoms with Crippen molar-refractivity contribution < 1.29 is 21.9 Å². The minimum atomic E-state index is -2.77. The number of carbonyl (C=O) groups excluding carboxylic acids is 2. The standard InChI is InChI=1S/C14H26Ge2O5/c1-11(9-19-13(3)17)15(5,6)21-16(7,8)12(2)10-20-14(4)18/h1-2,9-10H2,3-8H3. The molecule has 5 nitrogen and oxygen atoms in total. The van der Waals surface area contributed by atoms with Crippen molar-refractivity contribution in [2.75, 3.05) is 13.2 Å². The van der Waals surface area contributed by atoms with E-state index in [1.807, 2.05) is 0 Å². The van der Waals surface area contributed by atoms with Crippen LogP contribution in [0.3, 0.4) is 0 Å². The molecule has 0 aliphatic rings. The number of hydrogen-bond donors (Lipinski definition) is 0. The molecule has 0 bridgehead atoms. The van der Waals surface area contributed by atoms with Crippen LogP contribution in [0.5, 0.6) is 0 Å². The molecule has 7 heteroatoms. The van der Waals surface area contributed by atoms with Crippen LogP contribution in [0.4, 0.5) is 0 Å². The first-order valence-corrected chi connectivity index (χ1v) is 18.9. The maximum atomic E-state index is 10.9. The Labute approximate surface area is 133 Å². The number of esters is 2. The molecule has 0 aliphatic heterocycles. The number of hydrogen-bond acceptors (Lipinski definition) is 5. The van der Waals surface area contributed by atoms with Crippen molar-refractivity contribution in [3.63, 3.8) is 0 Å². The predicted octanol–water partition coefficient (Wildman–Crippen LogP) is 2.73. The summed E-state index contributed by atoms with van der Waals surface area (Å²) in [5, 5.41) is 0. The van der Waals surface area contributed by atoms with E-state index in [-0.39, 0.29) is 25.2 Å². The van der Waals surface area contributed by atoms with Gasteiger partial charge in [-0.3, -0.25) is 0 Å². The van der Waals surface area contributed by atoms with Gasteiger partial charge in [-0.25, -0.2) is 0 Å². The Kier molecular flexibility index (Phi) is 7.98. The molecule has 0 N–H and O–H groups in total. The van der Waals surface area contributed by atoms with Crippen molar-refractivity contribution in [2.45, 2.75) is 36.9 Å². The SMILES string of the molecule is C=[C](COC(C)=O)[Ge]([CH3])([CH3])[O][Ge]([CH3])([CH3])[C](=C)COC(C)=O. The molecule has 0 atom stereocenters. The first-order chi connectivity index (χ1) is 9.38. The first kappa shape index (κ1) is 20.5. The molecule has 0 aromatic carbocycles. The second kappa shape index (κ2) is 8.19. The van der Waals surface area contributed by atoms with Crippen LogP contribution >= 0.6 is 0 Å². The first-order valence-electron chi connectivity index (χ1n) is 6.72. The van der Waals surface area contributed by atoms with E-state index < -0.39 is 27.2 Å². The Morgan fingerprint density at radius 3 is 1.33 bits per heavy atom. The molecule has 120 valence electrons. The Bertz CT molecular complexity index is 401. The van der Waals surface area contributed by atoms with Crippen LogP contribution in [0.25, 0.3) is 0 Å². The monoisotopic (exact) mass is 422 g/mol. The van der Waals surface area contributed by atoms with Crippen LogP contribution in [-0.4, -0.2) is 52.4 Å². The fraction of sp³-hybridized carbons (Fsp3) is 0.571. The third-order valence-corrected chi connectivity index (χ3v) is 24.1. The van der Waals surface area contributed by atoms with Crippen LogP contribution in [0, 0.1) is 0 Å². The van der Waals surface area contributed by atoms with Gasteiger partial charge in [-0.1, -0.05) is 0 Å². The van der Waals surface area contributed by atoms with Crippen molar-refractivity contribution in [1.82, 2.24) is 0 Å². The van der Waals surface area contributed by atoms with Gasteiger partial charge in [0, 0.05) is 0 Å². The summed E-state index contributed by atoms with van der Waals surface area (Å²) in [6.45, 7) is 11.2. The average Bonchev–Trinajstić information content (AvgIpc) is 2.31. The fourth-order valence-electron chi connectivity index (χ4n) is 1.51. The van der Waals surface area contributed by atoms with Crippen molar-refractivity contribution in [1.29, 1.82) is 0 Å². The van der Waals surface area contributed by atoms with Crippen molar-refractivity contribution >= 4 is 39.1 Å². The van der Waals surface area contributed by atoms with Gasteiger partial charge in [-0.2, -0.15) is 0 Å². The Morgan fingerprint density at radius 1 is 0.810 bits per heavy atom. The molecule has 0 saturated heterocycles. The van der Waals surface area contributed by atoms with Crippen LogP contribution in [0.1, 0.15) is 13.8 Å². The van der Waals surface area contributed by atoms with Gasteiger partial charge >= 0.3 is 133 Å². The number of ether oxygens (including phenoxy) is 2. The molecule has 0 amide bonds. The van der Waals surface area contributed by atoms with Gasteiger partial charge in [0.25, 0.3) is 0 Å². The normalized spacial score (nSPS) is 11.7. The maximum absolute atomic E-state index is 10.9. The van der Waals surface area contributed by atoms with Crippen LogP contribution in [0.2, 0.25) is 23.0 Å². The van der Waals surface area contributed by atoms with E-state index in [0.717, 1.165) is 8.81 Å². The second-order valence-electron chi connectivity index (χ2n) is 5.89. The van der Waals surface area contributed by atoms with E-state index in [9.17, 15) is 9.59 Å². The molecule has 0 saturated carbocycles. The second-order valence-corrected chi connectivity index (χ2v) is 24.2. The topological polar surface area (TPSA) is 61.8 Å². The van der Waals surface area contributed by atoms with E-state index in [0.29, 0.717) is 0 Å². The van der Waals surface area contributed by atoms with E-state index in [1.165, 1.54) is 13.8 Å². The summed E-state index contributed by atoms with van der Waals surface area (Å²) in [5.74, 6) is 7.62. The van der Waals surface area contributed by atoms with Gasteiger partial charge in [0.15, 0.2) is 0 Å². The van der Waals surface area contributed by atoms with Gasteiger partial charge in [0.05, 0.1) is 0 Å². The number of rotatable bonds is 8. The van der Waals surface area contributed by atoms with Gasteiger partial charge in [0.1, 0.15) is 0 Å². The Balaban J connectivity index is 4.72. The average molecular weight is 420 g/mol. The third kappa shape index (κ3) is 7.87. The van der Waals surface area contributed by atoms with Gasteiger partial charge in [0.2, 0.25) is 0 Å². The molecule has 0 radical (unpaired) electrons. The van der Waals surface area contributed by atoms with Crippen LogP contribution in [-0.2, 0) is 21.9 Å². The molecule has 0 fully saturated rings. The van der Waals surface area contributed by atoms with Crippen LogP contribution < -0.4 is 0 Å². The Morgan fingerprint density at radius 2 is 1.10 bits per heavy atom. The molecule has 0 heterocycles. The molecule has 0 aliphatic carbocycles. The van der Waals surface area contributed by atoms with Gasteiger partial charge < -0.3 is 0 Å². The van der Waals surface area contributed by atoms with Gasteiger partial charge in [-0.15, -0.1) is 0 Å². The van der Waals surface area contributed by atoms with E-state index in [2.05, 4.69) is 36.2 Å². The molecule has 0 aromatic heterocycles. The van der Waals surface area contributed by atoms with Gasteiger partial charge in [-0.05, 0) is 0 Å². The quantitative estimate of drug-likeness (QED) is 0.447. The van der Waals surface area contributed by atoms with E-state index >= 15 is 0 Å². The van der Waals surface area contributed by atoms with Crippen molar-refractivity contribution in [3.8, 4) is 0 Å². The summed E-state index contributed by atoms with van der Waals surface area (Å²) in [7, 11) is 0. The van der Waals surface area contributed by atoms with Crippen LogP contribution in [0.15, 0.2) is 22.0 Å². The summed E-state index contributed by atoms with van der Waals surface area (Å²) in [4.78, 5) is 21.8. The summed E-state index contributed by atoms with van der Waals surface area (Å²) in [5.41, 5.74) is 0. The zero-order valence-corrected chi connectivity index (χ0v) is 18.1. The van der Waals surface area contributed by atoms with Crippen molar-refractivity contribution in [3.05, 3.63) is 22.0 Å². The molecule has 0 rings (SSSR count). The zero-order chi connectivity index (χ0) is 16.8. The molecular weight excluding hydrogens is 393 g/mol. The summed E-state index contributed by atoms with van der Waals surface area (Å²) in [6, 6.07) is 0. The molecular formula is C14H26Ge2O5. The minimum absolute atomic E-state index is 0.205. The van der Waals surface area contributed by atoms with E-state index in [4.69, 9.17) is 12.3 Å². The zero-order valence-electron chi connectivity index (χ0n) is 13.9.